The fourth-order valence-corrected chi connectivity index (χ4v) is 3.76. The standard InChI is InChI=1S/C26H31N3O3S/c1-3-5-14-31-23-11-10-22(17-24(23)32-15-6-4-2)29-26(30)21-9-7-8-20(16-21)19-33-25-18-27-12-13-28-25/h7-13,16-18H,3-6,14-15,19H2,1-2H3,(H,29,30). The van der Waals surface area contributed by atoms with E-state index < -0.39 is 0 Å². The summed E-state index contributed by atoms with van der Waals surface area (Å²) in [5, 5.41) is 3.83. The Bertz CT molecular complexity index is 1010. The molecule has 2 aromatic carbocycles. The highest BCUT2D eigenvalue weighted by Gasteiger charge is 2.11. The van der Waals surface area contributed by atoms with Crippen molar-refractivity contribution in [1.82, 2.24) is 9.97 Å². The van der Waals surface area contributed by atoms with Crippen molar-refractivity contribution in [3.05, 3.63) is 72.2 Å². The third kappa shape index (κ3) is 8.09. The second-order valence-electron chi connectivity index (χ2n) is 7.55. The maximum Gasteiger partial charge on any atom is 0.255 e. The van der Waals surface area contributed by atoms with Gasteiger partial charge in [-0.15, -0.1) is 11.8 Å². The van der Waals surface area contributed by atoms with Gasteiger partial charge in [0.05, 0.1) is 19.4 Å². The topological polar surface area (TPSA) is 73.3 Å². The average molecular weight is 466 g/mol. The summed E-state index contributed by atoms with van der Waals surface area (Å²) >= 11 is 1.58. The number of hydrogen-bond acceptors (Lipinski definition) is 6. The molecule has 0 fully saturated rings. The zero-order valence-electron chi connectivity index (χ0n) is 19.3. The number of nitrogens with zero attached hydrogens (tertiary/aromatic N) is 2. The second kappa shape index (κ2) is 13.5. The van der Waals surface area contributed by atoms with Gasteiger partial charge >= 0.3 is 0 Å². The number of aromatic nitrogens is 2. The van der Waals surface area contributed by atoms with Gasteiger partial charge < -0.3 is 14.8 Å². The van der Waals surface area contributed by atoms with Crippen LogP contribution in [0, 0.1) is 0 Å². The molecule has 0 aliphatic heterocycles. The first-order chi connectivity index (χ1) is 16.2. The Morgan fingerprint density at radius 1 is 0.970 bits per heavy atom. The Morgan fingerprint density at radius 3 is 2.48 bits per heavy atom. The van der Waals surface area contributed by atoms with E-state index in [4.69, 9.17) is 9.47 Å². The van der Waals surface area contributed by atoms with Crippen LogP contribution in [-0.4, -0.2) is 29.1 Å². The van der Waals surface area contributed by atoms with E-state index in [1.54, 1.807) is 30.4 Å². The number of amides is 1. The molecular weight excluding hydrogens is 434 g/mol. The SMILES string of the molecule is CCCCOc1ccc(NC(=O)c2cccc(CSc3cnccn3)c2)cc1OCCCC. The number of benzene rings is 2. The lowest BCUT2D eigenvalue weighted by molar-refractivity contribution is 0.102. The molecule has 1 amide bonds. The Kier molecular flexibility index (Phi) is 10.0. The highest BCUT2D eigenvalue weighted by atomic mass is 32.2. The van der Waals surface area contributed by atoms with Crippen molar-refractivity contribution in [2.45, 2.75) is 50.3 Å². The van der Waals surface area contributed by atoms with Gasteiger partial charge in [-0.2, -0.15) is 0 Å². The maximum absolute atomic E-state index is 12.9. The molecule has 3 aromatic rings. The van der Waals surface area contributed by atoms with Gasteiger partial charge in [0.2, 0.25) is 0 Å². The van der Waals surface area contributed by atoms with Gasteiger partial charge in [0.25, 0.3) is 5.91 Å². The number of unbranched alkanes of at least 4 members (excludes halogenated alkanes) is 2. The molecule has 174 valence electrons. The van der Waals surface area contributed by atoms with Gasteiger partial charge in [0, 0.05) is 35.5 Å². The summed E-state index contributed by atoms with van der Waals surface area (Å²) in [5.74, 6) is 1.91. The van der Waals surface area contributed by atoms with Crippen molar-refractivity contribution in [2.75, 3.05) is 18.5 Å². The predicted octanol–water partition coefficient (Wildman–Crippen LogP) is 6.38. The number of nitrogens with one attached hydrogen (secondary N) is 1. The molecule has 0 aliphatic carbocycles. The minimum atomic E-state index is -0.166. The highest BCUT2D eigenvalue weighted by molar-refractivity contribution is 7.98. The van der Waals surface area contributed by atoms with Gasteiger partial charge in [0.1, 0.15) is 5.03 Å². The first-order valence-corrected chi connectivity index (χ1v) is 12.4. The lowest BCUT2D eigenvalue weighted by atomic mass is 10.1. The molecule has 1 N–H and O–H groups in total. The Labute approximate surface area is 200 Å². The van der Waals surface area contributed by atoms with E-state index in [-0.39, 0.29) is 5.91 Å². The molecule has 6 nitrogen and oxygen atoms in total. The monoisotopic (exact) mass is 465 g/mol. The summed E-state index contributed by atoms with van der Waals surface area (Å²) in [4.78, 5) is 21.2. The Balaban J connectivity index is 1.66. The Hall–Kier alpha value is -3.06. The van der Waals surface area contributed by atoms with E-state index in [1.807, 2.05) is 42.5 Å². The molecule has 0 atom stereocenters. The van der Waals surface area contributed by atoms with Crippen LogP contribution in [0.4, 0.5) is 5.69 Å². The van der Waals surface area contributed by atoms with Crippen molar-refractivity contribution in [1.29, 1.82) is 0 Å². The summed E-state index contributed by atoms with van der Waals surface area (Å²) in [6.07, 6.45) is 9.12. The van der Waals surface area contributed by atoms with E-state index >= 15 is 0 Å². The summed E-state index contributed by atoms with van der Waals surface area (Å²) in [5.41, 5.74) is 2.32. The largest absolute Gasteiger partial charge is 0.490 e. The van der Waals surface area contributed by atoms with Crippen LogP contribution in [0.3, 0.4) is 0 Å². The average Bonchev–Trinajstić information content (AvgIpc) is 2.85. The van der Waals surface area contributed by atoms with Crippen LogP contribution in [0.15, 0.2) is 66.1 Å². The van der Waals surface area contributed by atoms with Crippen LogP contribution in [0.25, 0.3) is 0 Å². The molecule has 0 saturated carbocycles. The minimum absolute atomic E-state index is 0.166. The van der Waals surface area contributed by atoms with E-state index in [2.05, 4.69) is 29.1 Å². The molecule has 1 aromatic heterocycles. The predicted molar refractivity (Wildman–Crippen MR) is 133 cm³/mol. The molecule has 0 radical (unpaired) electrons. The van der Waals surface area contributed by atoms with Crippen LogP contribution in [-0.2, 0) is 5.75 Å². The third-order valence-electron chi connectivity index (χ3n) is 4.83. The van der Waals surface area contributed by atoms with E-state index in [1.165, 1.54) is 0 Å². The van der Waals surface area contributed by atoms with Gasteiger partial charge in [-0.1, -0.05) is 38.8 Å². The van der Waals surface area contributed by atoms with E-state index in [9.17, 15) is 4.79 Å². The van der Waals surface area contributed by atoms with Crippen molar-refractivity contribution in [2.24, 2.45) is 0 Å². The first-order valence-electron chi connectivity index (χ1n) is 11.4. The third-order valence-corrected chi connectivity index (χ3v) is 5.81. The van der Waals surface area contributed by atoms with Gasteiger partial charge in [-0.25, -0.2) is 4.98 Å². The summed E-state index contributed by atoms with van der Waals surface area (Å²) in [6, 6.07) is 13.2. The molecular formula is C26H31N3O3S. The fraction of sp³-hybridized carbons (Fsp3) is 0.346. The molecule has 0 bridgehead atoms. The maximum atomic E-state index is 12.9. The first kappa shape index (κ1) is 24.6. The number of carbonyl (C=O) groups is 1. The minimum Gasteiger partial charge on any atom is -0.490 e. The van der Waals surface area contributed by atoms with Gasteiger partial charge in [-0.05, 0) is 42.7 Å². The van der Waals surface area contributed by atoms with Crippen LogP contribution in [0.1, 0.15) is 55.5 Å². The molecule has 1 heterocycles. The summed E-state index contributed by atoms with van der Waals surface area (Å²) in [6.45, 7) is 5.51. The van der Waals surface area contributed by atoms with E-state index in [0.29, 0.717) is 41.7 Å². The number of ether oxygens (including phenoxy) is 2. The zero-order chi connectivity index (χ0) is 23.3. The second-order valence-corrected chi connectivity index (χ2v) is 8.55. The number of rotatable bonds is 13. The molecule has 0 saturated heterocycles. The smallest absolute Gasteiger partial charge is 0.255 e. The molecule has 7 heteroatoms. The van der Waals surface area contributed by atoms with Crippen molar-refractivity contribution >= 4 is 23.4 Å². The normalized spacial score (nSPS) is 10.6. The molecule has 0 spiro atoms. The zero-order valence-corrected chi connectivity index (χ0v) is 20.1. The van der Waals surface area contributed by atoms with Gasteiger partial charge in [0.15, 0.2) is 11.5 Å². The molecule has 0 aliphatic rings. The lowest BCUT2D eigenvalue weighted by Crippen LogP contribution is -2.12. The molecule has 3 rings (SSSR count). The number of thioether (sulfide) groups is 1. The molecule has 33 heavy (non-hydrogen) atoms. The van der Waals surface area contributed by atoms with Crippen molar-refractivity contribution in [3.8, 4) is 11.5 Å². The number of anilines is 1. The Morgan fingerprint density at radius 2 is 1.76 bits per heavy atom. The van der Waals surface area contributed by atoms with E-state index in [0.717, 1.165) is 36.3 Å². The number of hydrogen-bond donors (Lipinski definition) is 1. The number of carbonyl (C=O) groups excluding carboxylic acids is 1. The van der Waals surface area contributed by atoms with Crippen LogP contribution >= 0.6 is 11.8 Å². The van der Waals surface area contributed by atoms with Crippen LogP contribution in [0.5, 0.6) is 11.5 Å². The lowest BCUT2D eigenvalue weighted by Gasteiger charge is -2.15. The highest BCUT2D eigenvalue weighted by Crippen LogP contribution is 2.31. The summed E-state index contributed by atoms with van der Waals surface area (Å²) < 4.78 is 11.8. The molecule has 0 unspecified atom stereocenters. The van der Waals surface area contributed by atoms with Crippen LogP contribution < -0.4 is 14.8 Å². The quantitative estimate of drug-likeness (QED) is 0.233. The van der Waals surface area contributed by atoms with Gasteiger partial charge in [-0.3, -0.25) is 9.78 Å². The van der Waals surface area contributed by atoms with Crippen molar-refractivity contribution < 1.29 is 14.3 Å². The fourth-order valence-electron chi connectivity index (χ4n) is 2.99. The van der Waals surface area contributed by atoms with Crippen molar-refractivity contribution in [3.63, 3.8) is 0 Å². The van der Waals surface area contributed by atoms with Crippen LogP contribution in [0.2, 0.25) is 0 Å². The summed E-state index contributed by atoms with van der Waals surface area (Å²) in [7, 11) is 0.